The SMILES string of the molecule is Cc1cccc(N2CCN(CC(=O)NC[C@H](C)c3ccccc3)CC2)c1C. The Balaban J connectivity index is 1.43. The molecule has 0 unspecified atom stereocenters. The molecule has 27 heavy (non-hydrogen) atoms. The van der Waals surface area contributed by atoms with Crippen LogP contribution in [0.4, 0.5) is 5.69 Å². The van der Waals surface area contributed by atoms with E-state index in [0.29, 0.717) is 19.0 Å². The van der Waals surface area contributed by atoms with Crippen LogP contribution >= 0.6 is 0 Å². The van der Waals surface area contributed by atoms with Gasteiger partial charge in [0.25, 0.3) is 0 Å². The van der Waals surface area contributed by atoms with E-state index in [2.05, 4.69) is 66.2 Å². The summed E-state index contributed by atoms with van der Waals surface area (Å²) in [6.07, 6.45) is 0. The molecule has 0 aromatic heterocycles. The molecular weight excluding hydrogens is 334 g/mol. The van der Waals surface area contributed by atoms with Crippen molar-refractivity contribution < 1.29 is 4.79 Å². The van der Waals surface area contributed by atoms with E-state index in [9.17, 15) is 4.79 Å². The molecule has 1 saturated heterocycles. The van der Waals surface area contributed by atoms with Crippen LogP contribution < -0.4 is 10.2 Å². The second-order valence-corrected chi connectivity index (χ2v) is 7.60. The van der Waals surface area contributed by atoms with Crippen LogP contribution in [0.3, 0.4) is 0 Å². The van der Waals surface area contributed by atoms with Crippen LogP contribution in [0.5, 0.6) is 0 Å². The van der Waals surface area contributed by atoms with Gasteiger partial charge in [-0.2, -0.15) is 0 Å². The first kappa shape index (κ1) is 19.4. The van der Waals surface area contributed by atoms with E-state index >= 15 is 0 Å². The molecule has 2 aromatic carbocycles. The average molecular weight is 366 g/mol. The number of piperazine rings is 1. The number of rotatable bonds is 6. The van der Waals surface area contributed by atoms with Gasteiger partial charge in [-0.15, -0.1) is 0 Å². The van der Waals surface area contributed by atoms with Gasteiger partial charge in [0.1, 0.15) is 0 Å². The number of aryl methyl sites for hydroxylation is 1. The second-order valence-electron chi connectivity index (χ2n) is 7.60. The molecule has 0 spiro atoms. The molecular formula is C23H31N3O. The minimum atomic E-state index is 0.123. The summed E-state index contributed by atoms with van der Waals surface area (Å²) >= 11 is 0. The first-order valence-electron chi connectivity index (χ1n) is 9.89. The fourth-order valence-electron chi connectivity index (χ4n) is 3.65. The fourth-order valence-corrected chi connectivity index (χ4v) is 3.65. The lowest BCUT2D eigenvalue weighted by molar-refractivity contribution is -0.122. The zero-order valence-corrected chi connectivity index (χ0v) is 16.7. The Morgan fingerprint density at radius 1 is 1.00 bits per heavy atom. The van der Waals surface area contributed by atoms with Crippen LogP contribution in [-0.2, 0) is 4.79 Å². The third-order valence-electron chi connectivity index (χ3n) is 5.63. The Labute approximate surface area is 163 Å². The molecule has 144 valence electrons. The van der Waals surface area contributed by atoms with Crippen molar-refractivity contribution in [1.82, 2.24) is 10.2 Å². The lowest BCUT2D eigenvalue weighted by Gasteiger charge is -2.36. The van der Waals surface area contributed by atoms with Gasteiger partial charge in [0.2, 0.25) is 5.91 Å². The standard InChI is InChI=1S/C23H31N3O/c1-18-8-7-11-22(20(18)3)26-14-12-25(13-15-26)17-23(27)24-16-19(2)21-9-5-4-6-10-21/h4-11,19H,12-17H2,1-3H3,(H,24,27)/t19-/m0/s1. The molecule has 0 radical (unpaired) electrons. The lowest BCUT2D eigenvalue weighted by Crippen LogP contribution is -2.50. The van der Waals surface area contributed by atoms with Gasteiger partial charge >= 0.3 is 0 Å². The van der Waals surface area contributed by atoms with Gasteiger partial charge in [0.05, 0.1) is 6.54 Å². The van der Waals surface area contributed by atoms with E-state index < -0.39 is 0 Å². The molecule has 1 heterocycles. The maximum atomic E-state index is 12.3. The summed E-state index contributed by atoms with van der Waals surface area (Å²) in [5.74, 6) is 0.453. The van der Waals surface area contributed by atoms with Gasteiger partial charge in [-0.25, -0.2) is 0 Å². The molecule has 0 aliphatic carbocycles. The molecule has 1 amide bonds. The predicted molar refractivity (Wildman–Crippen MR) is 112 cm³/mol. The zero-order valence-electron chi connectivity index (χ0n) is 16.7. The van der Waals surface area contributed by atoms with Crippen LogP contribution in [0.2, 0.25) is 0 Å². The molecule has 0 bridgehead atoms. The van der Waals surface area contributed by atoms with E-state index in [-0.39, 0.29) is 5.91 Å². The molecule has 4 heteroatoms. The summed E-state index contributed by atoms with van der Waals surface area (Å²) in [6.45, 7) is 11.5. The van der Waals surface area contributed by atoms with Crippen molar-refractivity contribution in [2.24, 2.45) is 0 Å². The summed E-state index contributed by atoms with van der Waals surface area (Å²) in [5, 5.41) is 3.09. The van der Waals surface area contributed by atoms with Crippen LogP contribution in [0.25, 0.3) is 0 Å². The molecule has 1 N–H and O–H groups in total. The van der Waals surface area contributed by atoms with Crippen molar-refractivity contribution >= 4 is 11.6 Å². The highest BCUT2D eigenvalue weighted by atomic mass is 16.2. The molecule has 1 fully saturated rings. The van der Waals surface area contributed by atoms with Crippen LogP contribution in [0, 0.1) is 13.8 Å². The third-order valence-corrected chi connectivity index (χ3v) is 5.63. The topological polar surface area (TPSA) is 35.6 Å². The smallest absolute Gasteiger partial charge is 0.234 e. The minimum absolute atomic E-state index is 0.123. The van der Waals surface area contributed by atoms with Crippen molar-refractivity contribution in [2.75, 3.05) is 44.2 Å². The first-order chi connectivity index (χ1) is 13.0. The number of amides is 1. The number of hydrogen-bond donors (Lipinski definition) is 1. The van der Waals surface area contributed by atoms with Crippen molar-refractivity contribution in [2.45, 2.75) is 26.7 Å². The van der Waals surface area contributed by atoms with Gasteiger partial charge in [-0.3, -0.25) is 9.69 Å². The molecule has 0 saturated carbocycles. The number of anilines is 1. The van der Waals surface area contributed by atoms with Gasteiger partial charge in [-0.1, -0.05) is 49.4 Å². The van der Waals surface area contributed by atoms with Crippen LogP contribution in [0.1, 0.15) is 29.5 Å². The highest BCUT2D eigenvalue weighted by Gasteiger charge is 2.20. The number of benzene rings is 2. The van der Waals surface area contributed by atoms with E-state index in [1.54, 1.807) is 0 Å². The highest BCUT2D eigenvalue weighted by Crippen LogP contribution is 2.23. The van der Waals surface area contributed by atoms with Gasteiger partial charge < -0.3 is 10.2 Å². The summed E-state index contributed by atoms with van der Waals surface area (Å²) in [6, 6.07) is 16.8. The Hall–Kier alpha value is -2.33. The Morgan fingerprint density at radius 2 is 1.70 bits per heavy atom. The Bertz CT molecular complexity index is 751. The van der Waals surface area contributed by atoms with E-state index in [1.165, 1.54) is 22.4 Å². The summed E-state index contributed by atoms with van der Waals surface area (Å²) in [7, 11) is 0. The van der Waals surface area contributed by atoms with Crippen molar-refractivity contribution in [3.63, 3.8) is 0 Å². The molecule has 1 aliphatic rings. The van der Waals surface area contributed by atoms with Gasteiger partial charge in [-0.05, 0) is 42.5 Å². The number of carbonyl (C=O) groups is 1. The van der Waals surface area contributed by atoms with Crippen LogP contribution in [-0.4, -0.2) is 50.1 Å². The van der Waals surface area contributed by atoms with Crippen LogP contribution in [0.15, 0.2) is 48.5 Å². The van der Waals surface area contributed by atoms with Gasteiger partial charge in [0.15, 0.2) is 0 Å². The first-order valence-corrected chi connectivity index (χ1v) is 9.89. The normalized spacial score (nSPS) is 16.2. The minimum Gasteiger partial charge on any atom is -0.369 e. The Morgan fingerprint density at radius 3 is 2.41 bits per heavy atom. The molecule has 2 aromatic rings. The molecule has 3 rings (SSSR count). The molecule has 4 nitrogen and oxygen atoms in total. The van der Waals surface area contributed by atoms with E-state index in [0.717, 1.165) is 26.2 Å². The maximum absolute atomic E-state index is 12.3. The van der Waals surface area contributed by atoms with Gasteiger partial charge in [0, 0.05) is 38.4 Å². The average Bonchev–Trinajstić information content (AvgIpc) is 2.70. The monoisotopic (exact) mass is 365 g/mol. The second kappa shape index (κ2) is 9.05. The number of carbonyl (C=O) groups excluding carboxylic acids is 1. The highest BCUT2D eigenvalue weighted by molar-refractivity contribution is 5.78. The zero-order chi connectivity index (χ0) is 19.2. The molecule has 1 atom stereocenters. The summed E-state index contributed by atoms with van der Waals surface area (Å²) in [5.41, 5.74) is 5.29. The number of nitrogens with one attached hydrogen (secondary N) is 1. The lowest BCUT2D eigenvalue weighted by atomic mass is 10.0. The molecule has 1 aliphatic heterocycles. The van der Waals surface area contributed by atoms with E-state index in [1.807, 2.05) is 18.2 Å². The van der Waals surface area contributed by atoms with Crippen molar-refractivity contribution in [3.8, 4) is 0 Å². The largest absolute Gasteiger partial charge is 0.369 e. The number of nitrogens with zero attached hydrogens (tertiary/aromatic N) is 2. The fraction of sp³-hybridized carbons (Fsp3) is 0.435. The summed E-state index contributed by atoms with van der Waals surface area (Å²) in [4.78, 5) is 17.0. The maximum Gasteiger partial charge on any atom is 0.234 e. The van der Waals surface area contributed by atoms with E-state index in [4.69, 9.17) is 0 Å². The Kier molecular flexibility index (Phi) is 6.51. The third kappa shape index (κ3) is 5.10. The quantitative estimate of drug-likeness (QED) is 0.853. The summed E-state index contributed by atoms with van der Waals surface area (Å²) < 4.78 is 0. The number of hydrogen-bond acceptors (Lipinski definition) is 3. The predicted octanol–water partition coefficient (Wildman–Crippen LogP) is 3.35. The van der Waals surface area contributed by atoms with Crippen molar-refractivity contribution in [3.05, 3.63) is 65.2 Å². The van der Waals surface area contributed by atoms with Crippen molar-refractivity contribution in [1.29, 1.82) is 0 Å².